The lowest BCUT2D eigenvalue weighted by molar-refractivity contribution is -0.111. The third-order valence-electron chi connectivity index (χ3n) is 4.80. The maximum Gasteiger partial charge on any atom is 0.255 e. The number of amides is 2. The van der Waals surface area contributed by atoms with Crippen LogP contribution in [0.25, 0.3) is 16.3 Å². The normalized spacial score (nSPS) is 14.4. The Balaban J connectivity index is 1.41. The highest BCUT2D eigenvalue weighted by Crippen LogP contribution is 2.25. The second kappa shape index (κ2) is 8.76. The molecular weight excluding hydrogens is 406 g/mol. The molecule has 1 aromatic heterocycles. The zero-order chi connectivity index (χ0) is 20.2. The van der Waals surface area contributed by atoms with Gasteiger partial charge < -0.3 is 10.2 Å². The van der Waals surface area contributed by atoms with Gasteiger partial charge in [-0.1, -0.05) is 23.7 Å². The summed E-state index contributed by atoms with van der Waals surface area (Å²) in [6.07, 6.45) is 6.35. The molecule has 1 aliphatic heterocycles. The molecule has 29 heavy (non-hydrogen) atoms. The van der Waals surface area contributed by atoms with E-state index in [0.29, 0.717) is 16.3 Å². The van der Waals surface area contributed by atoms with Gasteiger partial charge in [-0.25, -0.2) is 4.98 Å². The maximum atomic E-state index is 12.6. The van der Waals surface area contributed by atoms with E-state index < -0.39 is 0 Å². The van der Waals surface area contributed by atoms with Crippen molar-refractivity contribution in [2.75, 3.05) is 18.4 Å². The summed E-state index contributed by atoms with van der Waals surface area (Å²) in [6.45, 7) is 1.54. The van der Waals surface area contributed by atoms with Gasteiger partial charge in [0.25, 0.3) is 5.91 Å². The summed E-state index contributed by atoms with van der Waals surface area (Å²) in [5.41, 5.74) is 1.93. The van der Waals surface area contributed by atoms with Crippen molar-refractivity contribution in [3.63, 3.8) is 0 Å². The Bertz CT molecular complexity index is 1050. The summed E-state index contributed by atoms with van der Waals surface area (Å²) in [4.78, 5) is 31.2. The molecular formula is C22H20ClN3O2S. The number of aromatic nitrogens is 1. The minimum absolute atomic E-state index is 0.0525. The lowest BCUT2D eigenvalue weighted by Gasteiger charge is -2.27. The topological polar surface area (TPSA) is 62.3 Å². The van der Waals surface area contributed by atoms with Crippen LogP contribution in [0.4, 0.5) is 5.69 Å². The number of benzene rings is 2. The fourth-order valence-electron chi connectivity index (χ4n) is 3.33. The van der Waals surface area contributed by atoms with E-state index >= 15 is 0 Å². The summed E-state index contributed by atoms with van der Waals surface area (Å²) >= 11 is 7.85. The summed E-state index contributed by atoms with van der Waals surface area (Å²) in [5, 5.41) is 3.88. The number of carbonyl (C=O) groups is 2. The number of thiazole rings is 1. The van der Waals surface area contributed by atoms with Gasteiger partial charge in [0.05, 0.1) is 20.8 Å². The molecule has 1 fully saturated rings. The molecule has 3 aromatic rings. The van der Waals surface area contributed by atoms with Gasteiger partial charge >= 0.3 is 0 Å². The van der Waals surface area contributed by atoms with Crippen molar-refractivity contribution in [3.05, 3.63) is 64.1 Å². The molecule has 0 saturated carbocycles. The first-order valence-corrected chi connectivity index (χ1v) is 10.7. The number of nitrogens with zero attached hydrogens (tertiary/aromatic N) is 2. The first-order chi connectivity index (χ1) is 14.1. The molecule has 1 aliphatic rings. The van der Waals surface area contributed by atoms with Crippen LogP contribution in [0.5, 0.6) is 0 Å². The minimum atomic E-state index is -0.282. The van der Waals surface area contributed by atoms with E-state index in [9.17, 15) is 9.59 Å². The molecule has 5 nitrogen and oxygen atoms in total. The number of anilines is 1. The molecule has 1 N–H and O–H groups in total. The van der Waals surface area contributed by atoms with Crippen molar-refractivity contribution in [1.29, 1.82) is 0 Å². The molecule has 2 amide bonds. The Labute approximate surface area is 178 Å². The van der Waals surface area contributed by atoms with Gasteiger partial charge in [0.2, 0.25) is 5.91 Å². The average Bonchev–Trinajstić information content (AvgIpc) is 3.16. The Morgan fingerprint density at radius 1 is 1.10 bits per heavy atom. The molecule has 0 aliphatic carbocycles. The number of carbonyl (C=O) groups excluding carboxylic acids is 2. The van der Waals surface area contributed by atoms with Crippen LogP contribution >= 0.6 is 22.9 Å². The second-order valence-electron chi connectivity index (χ2n) is 6.89. The quantitative estimate of drug-likeness (QED) is 0.582. The van der Waals surface area contributed by atoms with Crippen LogP contribution in [0.15, 0.2) is 48.5 Å². The second-order valence-corrected chi connectivity index (χ2v) is 8.36. The third kappa shape index (κ3) is 4.66. The SMILES string of the molecule is O=C(/C=C/c1nc2ccccc2s1)Nc1ccc(C(=O)N2CCCCC2)c(Cl)c1. The Hall–Kier alpha value is -2.70. The molecule has 148 valence electrons. The molecule has 2 heterocycles. The van der Waals surface area contributed by atoms with Crippen LogP contribution in [0.3, 0.4) is 0 Å². The minimum Gasteiger partial charge on any atom is -0.339 e. The number of likely N-dealkylation sites (tertiary alicyclic amines) is 1. The molecule has 0 spiro atoms. The average molecular weight is 426 g/mol. The zero-order valence-electron chi connectivity index (χ0n) is 15.7. The van der Waals surface area contributed by atoms with Crippen LogP contribution in [0.2, 0.25) is 5.02 Å². The van der Waals surface area contributed by atoms with Crippen molar-refractivity contribution in [2.45, 2.75) is 19.3 Å². The van der Waals surface area contributed by atoms with Crippen molar-refractivity contribution < 1.29 is 9.59 Å². The highest BCUT2D eigenvalue weighted by Gasteiger charge is 2.20. The van der Waals surface area contributed by atoms with Crippen molar-refractivity contribution in [1.82, 2.24) is 9.88 Å². The fraction of sp³-hybridized carbons (Fsp3) is 0.227. The standard InChI is InChI=1S/C22H20ClN3O2S/c23-17-14-15(8-9-16(17)22(28)26-12-4-1-5-13-26)24-20(27)10-11-21-25-18-6-2-3-7-19(18)29-21/h2-3,6-11,14H,1,4-5,12-13H2,(H,24,27)/b11-10+. The summed E-state index contributed by atoms with van der Waals surface area (Å²) in [6, 6.07) is 12.8. The van der Waals surface area contributed by atoms with E-state index in [4.69, 9.17) is 11.6 Å². The number of fused-ring (bicyclic) bond motifs is 1. The molecule has 0 unspecified atom stereocenters. The van der Waals surface area contributed by atoms with Gasteiger partial charge in [0.15, 0.2) is 0 Å². The van der Waals surface area contributed by atoms with Crippen molar-refractivity contribution in [3.8, 4) is 0 Å². The van der Waals surface area contributed by atoms with Crippen LogP contribution in [0, 0.1) is 0 Å². The largest absolute Gasteiger partial charge is 0.339 e. The smallest absolute Gasteiger partial charge is 0.255 e. The van der Waals surface area contributed by atoms with Crippen LogP contribution in [-0.4, -0.2) is 34.8 Å². The number of halogens is 1. The number of hydrogen-bond acceptors (Lipinski definition) is 4. The first kappa shape index (κ1) is 19.6. The molecule has 0 atom stereocenters. The third-order valence-corrected chi connectivity index (χ3v) is 6.11. The number of rotatable bonds is 4. The Morgan fingerprint density at radius 3 is 2.66 bits per heavy atom. The summed E-state index contributed by atoms with van der Waals surface area (Å²) in [5.74, 6) is -0.335. The van der Waals surface area contributed by atoms with Crippen LogP contribution in [-0.2, 0) is 4.79 Å². The van der Waals surface area contributed by atoms with E-state index in [-0.39, 0.29) is 11.8 Å². The molecule has 2 aromatic carbocycles. The maximum absolute atomic E-state index is 12.6. The summed E-state index contributed by atoms with van der Waals surface area (Å²) < 4.78 is 1.08. The molecule has 4 rings (SSSR count). The zero-order valence-corrected chi connectivity index (χ0v) is 17.3. The van der Waals surface area contributed by atoms with Gasteiger partial charge in [-0.05, 0) is 55.7 Å². The number of hydrogen-bond donors (Lipinski definition) is 1. The van der Waals surface area contributed by atoms with E-state index in [2.05, 4.69) is 10.3 Å². The lowest BCUT2D eigenvalue weighted by Crippen LogP contribution is -2.35. The van der Waals surface area contributed by atoms with Crippen LogP contribution in [0.1, 0.15) is 34.6 Å². The predicted octanol–water partition coefficient (Wildman–Crippen LogP) is 5.23. The summed E-state index contributed by atoms with van der Waals surface area (Å²) in [7, 11) is 0. The van der Waals surface area contributed by atoms with Gasteiger partial charge in [-0.2, -0.15) is 0 Å². The Morgan fingerprint density at radius 2 is 1.90 bits per heavy atom. The van der Waals surface area contributed by atoms with Crippen molar-refractivity contribution >= 4 is 56.7 Å². The van der Waals surface area contributed by atoms with E-state index in [1.54, 1.807) is 24.3 Å². The van der Waals surface area contributed by atoms with Gasteiger partial charge in [-0.15, -0.1) is 11.3 Å². The molecule has 0 bridgehead atoms. The highest BCUT2D eigenvalue weighted by atomic mass is 35.5. The fourth-order valence-corrected chi connectivity index (χ4v) is 4.46. The van der Waals surface area contributed by atoms with Gasteiger partial charge in [0.1, 0.15) is 5.01 Å². The number of piperidine rings is 1. The van der Waals surface area contributed by atoms with Crippen LogP contribution < -0.4 is 5.32 Å². The van der Waals surface area contributed by atoms with E-state index in [1.165, 1.54) is 17.4 Å². The lowest BCUT2D eigenvalue weighted by atomic mass is 10.1. The van der Waals surface area contributed by atoms with E-state index in [1.807, 2.05) is 29.2 Å². The van der Waals surface area contributed by atoms with E-state index in [0.717, 1.165) is 47.6 Å². The number of nitrogens with one attached hydrogen (secondary N) is 1. The molecule has 7 heteroatoms. The number of para-hydroxylation sites is 1. The van der Waals surface area contributed by atoms with Gasteiger partial charge in [0, 0.05) is 24.9 Å². The predicted molar refractivity (Wildman–Crippen MR) is 118 cm³/mol. The molecule has 1 saturated heterocycles. The first-order valence-electron chi connectivity index (χ1n) is 9.53. The van der Waals surface area contributed by atoms with Gasteiger partial charge in [-0.3, -0.25) is 9.59 Å². The van der Waals surface area contributed by atoms with Crippen molar-refractivity contribution in [2.24, 2.45) is 0 Å². The monoisotopic (exact) mass is 425 g/mol. The molecule has 0 radical (unpaired) electrons. The highest BCUT2D eigenvalue weighted by molar-refractivity contribution is 7.19. The Kier molecular flexibility index (Phi) is 5.92.